The van der Waals surface area contributed by atoms with Crippen molar-refractivity contribution < 1.29 is 14.7 Å². The summed E-state index contributed by atoms with van der Waals surface area (Å²) in [5, 5.41) is 11.8. The first-order valence-corrected chi connectivity index (χ1v) is 6.01. The molecular weight excluding hydrogens is 218 g/mol. The fourth-order valence-corrected chi connectivity index (χ4v) is 2.24. The zero-order valence-electron chi connectivity index (χ0n) is 10.1. The van der Waals surface area contributed by atoms with E-state index >= 15 is 0 Å². The first kappa shape index (κ1) is 13.6. The molecule has 1 aliphatic carbocycles. The third-order valence-corrected chi connectivity index (χ3v) is 3.21. The minimum Gasteiger partial charge on any atom is -0.481 e. The fraction of sp³-hybridized carbons (Fsp3) is 0.692. The van der Waals surface area contributed by atoms with E-state index in [0.29, 0.717) is 19.3 Å². The number of amides is 1. The predicted molar refractivity (Wildman–Crippen MR) is 64.1 cm³/mol. The Morgan fingerprint density at radius 2 is 2.12 bits per heavy atom. The molecule has 0 aromatic carbocycles. The van der Waals surface area contributed by atoms with Crippen LogP contribution in [-0.2, 0) is 9.59 Å². The van der Waals surface area contributed by atoms with Gasteiger partial charge in [0, 0.05) is 18.4 Å². The number of hydrogen-bond donors (Lipinski definition) is 2. The van der Waals surface area contributed by atoms with E-state index in [9.17, 15) is 9.59 Å². The number of aliphatic carboxylic acids is 1. The monoisotopic (exact) mass is 237 g/mol. The van der Waals surface area contributed by atoms with Crippen LogP contribution in [-0.4, -0.2) is 23.0 Å². The Morgan fingerprint density at radius 1 is 1.47 bits per heavy atom. The largest absolute Gasteiger partial charge is 0.481 e. The molecule has 0 aromatic heterocycles. The van der Waals surface area contributed by atoms with E-state index in [1.807, 2.05) is 6.92 Å². The molecule has 1 rings (SSSR count). The third kappa shape index (κ3) is 4.10. The van der Waals surface area contributed by atoms with Gasteiger partial charge in [-0.2, -0.15) is 0 Å². The second kappa shape index (κ2) is 6.29. The minimum absolute atomic E-state index is 0.0438. The quantitative estimate of drug-likeness (QED) is 0.726. The van der Waals surface area contributed by atoms with E-state index in [1.165, 1.54) is 0 Å². The van der Waals surface area contributed by atoms with E-state index in [4.69, 9.17) is 11.5 Å². The number of hydrogen-bond acceptors (Lipinski definition) is 2. The topological polar surface area (TPSA) is 66.4 Å². The zero-order valence-corrected chi connectivity index (χ0v) is 10.1. The van der Waals surface area contributed by atoms with Crippen molar-refractivity contribution >= 4 is 11.9 Å². The highest BCUT2D eigenvalue weighted by molar-refractivity contribution is 5.80. The maximum atomic E-state index is 11.9. The Bertz CT molecular complexity index is 332. The van der Waals surface area contributed by atoms with Gasteiger partial charge in [0.2, 0.25) is 5.91 Å². The number of carboxylic acids is 1. The lowest BCUT2D eigenvalue weighted by Gasteiger charge is -2.26. The van der Waals surface area contributed by atoms with Crippen molar-refractivity contribution in [1.29, 1.82) is 0 Å². The Morgan fingerprint density at radius 3 is 2.71 bits per heavy atom. The van der Waals surface area contributed by atoms with Crippen LogP contribution in [0, 0.1) is 24.2 Å². The Kier molecular flexibility index (Phi) is 5.02. The molecule has 94 valence electrons. The molecule has 1 saturated carbocycles. The van der Waals surface area contributed by atoms with Crippen molar-refractivity contribution in [2.75, 3.05) is 0 Å². The van der Waals surface area contributed by atoms with Crippen molar-refractivity contribution in [3.8, 4) is 12.3 Å². The van der Waals surface area contributed by atoms with Gasteiger partial charge in [-0.15, -0.1) is 12.3 Å². The summed E-state index contributed by atoms with van der Waals surface area (Å²) < 4.78 is 0. The highest BCUT2D eigenvalue weighted by Crippen LogP contribution is 2.29. The highest BCUT2D eigenvalue weighted by Gasteiger charge is 2.31. The molecule has 3 atom stereocenters. The fourth-order valence-electron chi connectivity index (χ4n) is 2.24. The predicted octanol–water partition coefficient (Wildman–Crippen LogP) is 1.41. The van der Waals surface area contributed by atoms with Crippen molar-refractivity contribution in [2.24, 2.45) is 11.8 Å². The van der Waals surface area contributed by atoms with Gasteiger partial charge >= 0.3 is 5.97 Å². The normalized spacial score (nSPS) is 25.6. The number of nitrogens with one attached hydrogen (secondary N) is 1. The number of carbonyl (C=O) groups is 2. The lowest BCUT2D eigenvalue weighted by atomic mass is 9.81. The molecule has 0 spiro atoms. The molecule has 0 bridgehead atoms. The molecule has 0 heterocycles. The SMILES string of the molecule is C#CCC(C)NC(=O)C1CCCC(C(=O)O)C1. The van der Waals surface area contributed by atoms with Crippen LogP contribution in [0.15, 0.2) is 0 Å². The second-order valence-electron chi connectivity index (χ2n) is 4.72. The maximum Gasteiger partial charge on any atom is 0.306 e. The lowest BCUT2D eigenvalue weighted by molar-refractivity contribution is -0.144. The van der Waals surface area contributed by atoms with Crippen molar-refractivity contribution in [3.63, 3.8) is 0 Å². The van der Waals surface area contributed by atoms with Gasteiger partial charge in [-0.1, -0.05) is 6.42 Å². The van der Waals surface area contributed by atoms with E-state index in [1.54, 1.807) is 0 Å². The van der Waals surface area contributed by atoms with Crippen LogP contribution < -0.4 is 5.32 Å². The van der Waals surface area contributed by atoms with Crippen LogP contribution in [0.4, 0.5) is 0 Å². The molecule has 17 heavy (non-hydrogen) atoms. The van der Waals surface area contributed by atoms with Crippen molar-refractivity contribution in [3.05, 3.63) is 0 Å². The summed E-state index contributed by atoms with van der Waals surface area (Å²) in [5.41, 5.74) is 0. The van der Waals surface area contributed by atoms with Crippen LogP contribution in [0.1, 0.15) is 39.0 Å². The summed E-state index contributed by atoms with van der Waals surface area (Å²) in [5.74, 6) is 1.10. The molecule has 0 aliphatic heterocycles. The molecule has 0 radical (unpaired) electrons. The van der Waals surface area contributed by atoms with E-state index in [2.05, 4.69) is 11.2 Å². The summed E-state index contributed by atoms with van der Waals surface area (Å²) in [6.07, 6.45) is 8.38. The molecule has 1 amide bonds. The van der Waals surface area contributed by atoms with Gasteiger partial charge in [-0.3, -0.25) is 9.59 Å². The minimum atomic E-state index is -0.792. The summed E-state index contributed by atoms with van der Waals surface area (Å²) in [7, 11) is 0. The Labute approximate surface area is 102 Å². The first-order chi connectivity index (χ1) is 8.04. The van der Waals surface area contributed by atoms with Gasteiger partial charge in [0.05, 0.1) is 5.92 Å². The van der Waals surface area contributed by atoms with Crippen molar-refractivity contribution in [2.45, 2.75) is 45.1 Å². The average molecular weight is 237 g/mol. The number of terminal acetylenes is 1. The summed E-state index contributed by atoms with van der Waals surface area (Å²) in [6, 6.07) is -0.0438. The van der Waals surface area contributed by atoms with Gasteiger partial charge in [0.1, 0.15) is 0 Å². The third-order valence-electron chi connectivity index (χ3n) is 3.21. The van der Waals surface area contributed by atoms with Gasteiger partial charge in [-0.05, 0) is 26.2 Å². The Balaban J connectivity index is 2.46. The van der Waals surface area contributed by atoms with E-state index in [-0.39, 0.29) is 23.8 Å². The van der Waals surface area contributed by atoms with Crippen LogP contribution in [0.2, 0.25) is 0 Å². The van der Waals surface area contributed by atoms with E-state index < -0.39 is 5.97 Å². The van der Waals surface area contributed by atoms with Crippen LogP contribution >= 0.6 is 0 Å². The van der Waals surface area contributed by atoms with Gasteiger partial charge in [-0.25, -0.2) is 0 Å². The number of carboxylic acid groups (broad SMARTS) is 1. The van der Waals surface area contributed by atoms with Gasteiger partial charge in [0.25, 0.3) is 0 Å². The van der Waals surface area contributed by atoms with Gasteiger partial charge < -0.3 is 10.4 Å². The van der Waals surface area contributed by atoms with Crippen LogP contribution in [0.25, 0.3) is 0 Å². The molecule has 0 aromatic rings. The molecular formula is C13H19NO3. The molecule has 1 fully saturated rings. The lowest BCUT2D eigenvalue weighted by Crippen LogP contribution is -2.39. The van der Waals surface area contributed by atoms with Crippen molar-refractivity contribution in [1.82, 2.24) is 5.32 Å². The van der Waals surface area contributed by atoms with Crippen LogP contribution in [0.3, 0.4) is 0 Å². The average Bonchev–Trinajstić information content (AvgIpc) is 2.29. The second-order valence-corrected chi connectivity index (χ2v) is 4.72. The smallest absolute Gasteiger partial charge is 0.306 e. The Hall–Kier alpha value is -1.50. The molecule has 4 nitrogen and oxygen atoms in total. The highest BCUT2D eigenvalue weighted by atomic mass is 16.4. The standard InChI is InChI=1S/C13H19NO3/c1-3-5-9(2)14-12(15)10-6-4-7-11(8-10)13(16)17/h1,9-11H,4-8H2,2H3,(H,14,15)(H,16,17). The molecule has 3 unspecified atom stereocenters. The maximum absolute atomic E-state index is 11.9. The first-order valence-electron chi connectivity index (χ1n) is 6.01. The summed E-state index contributed by atoms with van der Waals surface area (Å²) in [4.78, 5) is 22.8. The zero-order chi connectivity index (χ0) is 12.8. The van der Waals surface area contributed by atoms with Gasteiger partial charge in [0.15, 0.2) is 0 Å². The number of carbonyl (C=O) groups excluding carboxylic acids is 1. The molecule has 0 saturated heterocycles. The molecule has 2 N–H and O–H groups in total. The van der Waals surface area contributed by atoms with E-state index in [0.717, 1.165) is 12.8 Å². The van der Waals surface area contributed by atoms with Crippen LogP contribution in [0.5, 0.6) is 0 Å². The summed E-state index contributed by atoms with van der Waals surface area (Å²) >= 11 is 0. The molecule has 4 heteroatoms. The number of rotatable bonds is 4. The molecule has 1 aliphatic rings. The summed E-state index contributed by atoms with van der Waals surface area (Å²) in [6.45, 7) is 1.86.